The van der Waals surface area contributed by atoms with E-state index >= 15 is 0 Å². The number of fused-ring (bicyclic) bond motifs is 1. The molecule has 0 atom stereocenters. The fourth-order valence-corrected chi connectivity index (χ4v) is 4.46. The van der Waals surface area contributed by atoms with Gasteiger partial charge in [-0.25, -0.2) is 14.6 Å². The van der Waals surface area contributed by atoms with Gasteiger partial charge in [0.05, 0.1) is 18.0 Å². The first kappa shape index (κ1) is 22.7. The minimum Gasteiger partial charge on any atom is -0.493 e. The number of aromatic nitrogens is 3. The average molecular weight is 496 g/mol. The molecule has 12 heteroatoms. The van der Waals surface area contributed by atoms with Gasteiger partial charge in [-0.3, -0.25) is 0 Å². The summed E-state index contributed by atoms with van der Waals surface area (Å²) in [6.45, 7) is 1.71. The summed E-state index contributed by atoms with van der Waals surface area (Å²) in [4.78, 5) is 26.8. The van der Waals surface area contributed by atoms with Crippen LogP contribution in [0, 0.1) is 5.82 Å². The van der Waals surface area contributed by atoms with Crippen molar-refractivity contribution in [3.05, 3.63) is 57.5 Å². The van der Waals surface area contributed by atoms with E-state index in [0.29, 0.717) is 39.2 Å². The number of piperidine rings is 1. The third-order valence-corrected chi connectivity index (χ3v) is 6.16. The maximum Gasteiger partial charge on any atom is 0.396 e. The summed E-state index contributed by atoms with van der Waals surface area (Å²) in [5.74, 6) is 1.22. The van der Waals surface area contributed by atoms with E-state index in [0.717, 1.165) is 37.3 Å². The summed E-state index contributed by atoms with van der Waals surface area (Å²) in [6, 6.07) is 9.45. The number of anilines is 4. The zero-order valence-electron chi connectivity index (χ0n) is 18.8. The maximum absolute atomic E-state index is 13.3. The highest BCUT2D eigenvalue weighted by atomic mass is 32.1. The Morgan fingerprint density at radius 1 is 1.11 bits per heavy atom. The Balaban J connectivity index is 1.40. The Labute approximate surface area is 203 Å². The number of hydrogen-bond donors (Lipinski definition) is 2. The van der Waals surface area contributed by atoms with Gasteiger partial charge in [-0.05, 0) is 61.2 Å². The molecule has 0 radical (unpaired) electrons. The van der Waals surface area contributed by atoms with Gasteiger partial charge >= 0.3 is 4.94 Å². The minimum atomic E-state index is -0.401. The topological polar surface area (TPSA) is 118 Å². The smallest absolute Gasteiger partial charge is 0.396 e. The molecule has 0 spiro atoms. The normalized spacial score (nSPS) is 13.9. The number of nitrogens with one attached hydrogen (secondary N) is 2. The van der Waals surface area contributed by atoms with Crippen molar-refractivity contribution in [2.45, 2.75) is 19.3 Å². The molecule has 0 amide bonds. The number of nitrogens with zero attached hydrogens (tertiary/aromatic N) is 5. The summed E-state index contributed by atoms with van der Waals surface area (Å²) in [7, 11) is 1.51. The van der Waals surface area contributed by atoms with E-state index in [-0.39, 0.29) is 11.8 Å². The summed E-state index contributed by atoms with van der Waals surface area (Å²) in [5, 5.41) is 7.36. The molecule has 10 nitrogen and oxygen atoms in total. The van der Waals surface area contributed by atoms with Crippen LogP contribution in [0.25, 0.3) is 10.3 Å². The minimum absolute atomic E-state index is 0.252. The van der Waals surface area contributed by atoms with Crippen LogP contribution < -0.4 is 25.3 Å². The van der Waals surface area contributed by atoms with E-state index in [2.05, 4.69) is 35.7 Å². The molecule has 2 N–H and O–H groups in total. The molecule has 0 bridgehead atoms. The van der Waals surface area contributed by atoms with Gasteiger partial charge in [-0.2, -0.15) is 20.1 Å². The maximum atomic E-state index is 13.3. The third kappa shape index (κ3) is 5.38. The van der Waals surface area contributed by atoms with Crippen LogP contribution in [0.4, 0.5) is 27.9 Å². The van der Waals surface area contributed by atoms with Gasteiger partial charge in [-0.1, -0.05) is 11.3 Å². The molecular formula is C23H22FN7O3S. The zero-order chi connectivity index (χ0) is 24.2. The molecule has 1 aliphatic heterocycles. The molecule has 5 rings (SSSR count). The van der Waals surface area contributed by atoms with Gasteiger partial charge in [0.1, 0.15) is 5.82 Å². The molecule has 1 saturated heterocycles. The average Bonchev–Trinajstić information content (AvgIpc) is 3.25. The number of hydrazone groups is 1. The lowest BCUT2D eigenvalue weighted by molar-refractivity contribution is 0.408. The zero-order valence-corrected chi connectivity index (χ0v) is 19.6. The van der Waals surface area contributed by atoms with Gasteiger partial charge in [0.15, 0.2) is 11.3 Å². The number of benzene rings is 2. The lowest BCUT2D eigenvalue weighted by Gasteiger charge is -2.26. The number of methoxy groups -OCH3 is 1. The number of hydrogen-bond acceptors (Lipinski definition) is 11. The van der Waals surface area contributed by atoms with Gasteiger partial charge in [0.25, 0.3) is 0 Å². The molecule has 0 unspecified atom stereocenters. The summed E-state index contributed by atoms with van der Waals surface area (Å²) >= 11 is 0.993. The Kier molecular flexibility index (Phi) is 6.53. The second-order valence-electron chi connectivity index (χ2n) is 7.84. The van der Waals surface area contributed by atoms with E-state index in [9.17, 15) is 9.18 Å². The first-order valence-electron chi connectivity index (χ1n) is 11.0. The second kappa shape index (κ2) is 10.1. The van der Waals surface area contributed by atoms with Gasteiger partial charge in [-0.15, -0.1) is 0 Å². The van der Waals surface area contributed by atoms with Gasteiger partial charge in [0, 0.05) is 18.8 Å². The SMILES string of the molecule is COc1cc(C=NNc2nc(Nc3ccc(F)cc3)nc(N3CCCCC3)n2)cc2sc(=O)oc12. The number of rotatable bonds is 7. The lowest BCUT2D eigenvalue weighted by atomic mass is 10.1. The van der Waals surface area contributed by atoms with Crippen molar-refractivity contribution < 1.29 is 13.5 Å². The predicted octanol–water partition coefficient (Wildman–Crippen LogP) is 4.37. The lowest BCUT2D eigenvalue weighted by Crippen LogP contribution is -2.31. The van der Waals surface area contributed by atoms with Crippen molar-refractivity contribution in [3.8, 4) is 5.75 Å². The van der Waals surface area contributed by atoms with Crippen LogP contribution in [0.1, 0.15) is 24.8 Å². The fraction of sp³-hybridized carbons (Fsp3) is 0.261. The summed E-state index contributed by atoms with van der Waals surface area (Å²) in [6.07, 6.45) is 4.88. The Hall–Kier alpha value is -4.06. The molecule has 2 aromatic heterocycles. The Morgan fingerprint density at radius 2 is 1.89 bits per heavy atom. The van der Waals surface area contributed by atoms with Crippen molar-refractivity contribution in [1.29, 1.82) is 0 Å². The van der Waals surface area contributed by atoms with Crippen LogP contribution in [0.5, 0.6) is 5.75 Å². The van der Waals surface area contributed by atoms with E-state index < -0.39 is 4.94 Å². The number of ether oxygens (including phenoxy) is 1. The first-order valence-corrected chi connectivity index (χ1v) is 11.8. The van der Waals surface area contributed by atoms with Crippen LogP contribution in [0.3, 0.4) is 0 Å². The second-order valence-corrected chi connectivity index (χ2v) is 8.81. The highest BCUT2D eigenvalue weighted by Crippen LogP contribution is 2.28. The molecule has 3 heterocycles. The molecule has 1 aliphatic rings. The van der Waals surface area contributed by atoms with Gasteiger partial charge in [0.2, 0.25) is 17.8 Å². The van der Waals surface area contributed by atoms with Crippen molar-refractivity contribution >= 4 is 51.4 Å². The van der Waals surface area contributed by atoms with E-state index in [1.54, 1.807) is 30.5 Å². The predicted molar refractivity (Wildman–Crippen MR) is 134 cm³/mol. The molecule has 0 saturated carbocycles. The summed E-state index contributed by atoms with van der Waals surface area (Å²) in [5.41, 5.74) is 4.62. The third-order valence-electron chi connectivity index (χ3n) is 5.38. The molecule has 0 aliphatic carbocycles. The molecular weight excluding hydrogens is 473 g/mol. The van der Waals surface area contributed by atoms with Crippen LogP contribution >= 0.6 is 11.3 Å². The summed E-state index contributed by atoms with van der Waals surface area (Å²) < 4.78 is 24.4. The van der Waals surface area contributed by atoms with E-state index in [4.69, 9.17) is 9.15 Å². The highest BCUT2D eigenvalue weighted by molar-refractivity contribution is 7.16. The van der Waals surface area contributed by atoms with E-state index in [1.807, 2.05) is 0 Å². The molecule has 4 aromatic rings. The largest absolute Gasteiger partial charge is 0.493 e. The Bertz CT molecular complexity index is 1420. The molecule has 35 heavy (non-hydrogen) atoms. The molecule has 180 valence electrons. The van der Waals surface area contributed by atoms with Crippen molar-refractivity contribution in [2.75, 3.05) is 35.8 Å². The van der Waals surface area contributed by atoms with Crippen LogP contribution in [0.15, 0.2) is 50.7 Å². The van der Waals surface area contributed by atoms with Crippen molar-refractivity contribution in [1.82, 2.24) is 15.0 Å². The quantitative estimate of drug-likeness (QED) is 0.285. The monoisotopic (exact) mass is 495 g/mol. The molecule has 1 fully saturated rings. The van der Waals surface area contributed by atoms with Crippen molar-refractivity contribution in [2.24, 2.45) is 5.10 Å². The highest BCUT2D eigenvalue weighted by Gasteiger charge is 2.16. The van der Waals surface area contributed by atoms with Crippen LogP contribution in [-0.2, 0) is 0 Å². The van der Waals surface area contributed by atoms with E-state index in [1.165, 1.54) is 25.7 Å². The van der Waals surface area contributed by atoms with Crippen molar-refractivity contribution in [3.63, 3.8) is 0 Å². The first-order chi connectivity index (χ1) is 17.1. The van der Waals surface area contributed by atoms with Crippen LogP contribution in [0.2, 0.25) is 0 Å². The number of halogens is 1. The molecule has 2 aromatic carbocycles. The standard InChI is InChI=1S/C23H22FN7O3S/c1-33-17-11-14(12-18-19(17)34-23(32)35-18)13-25-30-21-27-20(26-16-7-5-15(24)6-8-16)28-22(29-21)31-9-3-2-4-10-31/h5-8,11-13H,2-4,9-10H2,1H3,(H2,26,27,28,29,30). The fourth-order valence-electron chi connectivity index (χ4n) is 3.73. The van der Waals surface area contributed by atoms with Crippen LogP contribution in [-0.4, -0.2) is 41.4 Å². The van der Waals surface area contributed by atoms with Gasteiger partial charge < -0.3 is 19.4 Å². The Morgan fingerprint density at radius 3 is 2.66 bits per heavy atom.